The molecule has 76 valence electrons. The summed E-state index contributed by atoms with van der Waals surface area (Å²) in [6.45, 7) is 0. The molecule has 0 radical (unpaired) electrons. The van der Waals surface area contributed by atoms with Crippen molar-refractivity contribution in [1.29, 1.82) is 0 Å². The third-order valence-corrected chi connectivity index (χ3v) is 3.71. The minimum Gasteiger partial charge on any atom is -0.325 e. The lowest BCUT2D eigenvalue weighted by atomic mass is 9.98. The van der Waals surface area contributed by atoms with E-state index >= 15 is 0 Å². The highest BCUT2D eigenvalue weighted by atomic mass is 15.6. The van der Waals surface area contributed by atoms with E-state index in [1.807, 2.05) is 0 Å². The number of aromatic nitrogens is 3. The zero-order chi connectivity index (χ0) is 9.76. The van der Waals surface area contributed by atoms with Crippen molar-refractivity contribution in [2.75, 3.05) is 5.84 Å². The van der Waals surface area contributed by atoms with Crippen molar-refractivity contribution in [3.63, 3.8) is 0 Å². The first-order valence-electron chi connectivity index (χ1n) is 5.16. The summed E-state index contributed by atoms with van der Waals surface area (Å²) < 4.78 is 0. The Balaban J connectivity index is 1.91. The van der Waals surface area contributed by atoms with Crippen molar-refractivity contribution in [2.45, 2.75) is 37.6 Å². The summed E-state index contributed by atoms with van der Waals surface area (Å²) in [5, 5.41) is 7.93. The molecule has 0 aromatic carbocycles. The largest absolute Gasteiger partial charge is 0.325 e. The van der Waals surface area contributed by atoms with Crippen molar-refractivity contribution in [3.8, 4) is 0 Å². The first-order chi connectivity index (χ1) is 6.69. The van der Waals surface area contributed by atoms with Crippen LogP contribution in [0.4, 0.5) is 0 Å². The van der Waals surface area contributed by atoms with Crippen LogP contribution in [-0.4, -0.2) is 20.6 Å². The van der Waals surface area contributed by atoms with Crippen LogP contribution in [-0.2, 0) is 12.8 Å². The first-order valence-corrected chi connectivity index (χ1v) is 5.16. The predicted octanol–water partition coefficient (Wildman–Crippen LogP) is -0.412. The van der Waals surface area contributed by atoms with Crippen molar-refractivity contribution in [1.82, 2.24) is 15.1 Å². The fourth-order valence-electron chi connectivity index (χ4n) is 2.56. The number of fused-ring (bicyclic) bond motifs is 2. The average Bonchev–Trinajstić information content (AvgIpc) is 2.64. The topological polar surface area (TPSA) is 82.8 Å². The van der Waals surface area contributed by atoms with Gasteiger partial charge in [0.2, 0.25) is 0 Å². The molecule has 0 aliphatic heterocycles. The number of hydrogen-bond acceptors (Lipinski definition) is 4. The van der Waals surface area contributed by atoms with E-state index in [1.54, 1.807) is 0 Å². The smallest absolute Gasteiger partial charge is 0.0881 e. The Morgan fingerprint density at radius 1 is 1.43 bits per heavy atom. The molecule has 1 saturated carbocycles. The molecular formula is C9H15N5. The SMILES string of the molecule is Nn1nnc2c1CCC1(N)CC1CC2. The van der Waals surface area contributed by atoms with Gasteiger partial charge in [-0.05, 0) is 43.2 Å². The van der Waals surface area contributed by atoms with E-state index in [0.29, 0.717) is 5.92 Å². The first kappa shape index (κ1) is 8.23. The van der Waals surface area contributed by atoms with E-state index in [-0.39, 0.29) is 5.54 Å². The van der Waals surface area contributed by atoms with E-state index in [0.717, 1.165) is 37.1 Å². The molecule has 1 fully saturated rings. The van der Waals surface area contributed by atoms with Gasteiger partial charge < -0.3 is 11.6 Å². The maximum atomic E-state index is 6.21. The van der Waals surface area contributed by atoms with Gasteiger partial charge in [0.25, 0.3) is 0 Å². The van der Waals surface area contributed by atoms with Gasteiger partial charge in [-0.3, -0.25) is 0 Å². The summed E-state index contributed by atoms with van der Waals surface area (Å²) >= 11 is 0. The van der Waals surface area contributed by atoms with Gasteiger partial charge in [0.15, 0.2) is 0 Å². The minimum absolute atomic E-state index is 0.0992. The Morgan fingerprint density at radius 3 is 3.14 bits per heavy atom. The number of hydrogen-bond donors (Lipinski definition) is 2. The van der Waals surface area contributed by atoms with E-state index < -0.39 is 0 Å². The second-order valence-electron chi connectivity index (χ2n) is 4.60. The number of rotatable bonds is 0. The molecule has 3 rings (SSSR count). The van der Waals surface area contributed by atoms with Crippen LogP contribution in [0.5, 0.6) is 0 Å². The lowest BCUT2D eigenvalue weighted by Gasteiger charge is -2.14. The monoisotopic (exact) mass is 193 g/mol. The summed E-state index contributed by atoms with van der Waals surface area (Å²) in [6.07, 6.45) is 5.24. The molecule has 2 aliphatic carbocycles. The molecule has 4 N–H and O–H groups in total. The fraction of sp³-hybridized carbons (Fsp3) is 0.778. The van der Waals surface area contributed by atoms with Gasteiger partial charge >= 0.3 is 0 Å². The molecule has 2 unspecified atom stereocenters. The molecule has 0 bridgehead atoms. The van der Waals surface area contributed by atoms with Crippen LogP contribution in [0.25, 0.3) is 0 Å². The Bertz CT molecular complexity index is 371. The van der Waals surface area contributed by atoms with Gasteiger partial charge in [-0.2, -0.15) is 4.79 Å². The second-order valence-corrected chi connectivity index (χ2v) is 4.60. The maximum Gasteiger partial charge on any atom is 0.0881 e. The fourth-order valence-corrected chi connectivity index (χ4v) is 2.56. The van der Waals surface area contributed by atoms with Crippen LogP contribution in [0.2, 0.25) is 0 Å². The summed E-state index contributed by atoms with van der Waals surface area (Å²) in [4.78, 5) is 1.40. The Morgan fingerprint density at radius 2 is 2.29 bits per heavy atom. The van der Waals surface area contributed by atoms with E-state index in [2.05, 4.69) is 10.3 Å². The summed E-state index contributed by atoms with van der Waals surface area (Å²) in [6, 6.07) is 0. The van der Waals surface area contributed by atoms with Crippen LogP contribution in [0.1, 0.15) is 30.7 Å². The molecule has 0 amide bonds. The Hall–Kier alpha value is -1.10. The molecular weight excluding hydrogens is 178 g/mol. The zero-order valence-electron chi connectivity index (χ0n) is 8.11. The van der Waals surface area contributed by atoms with Crippen molar-refractivity contribution >= 4 is 0 Å². The highest BCUT2D eigenvalue weighted by Crippen LogP contribution is 2.48. The average molecular weight is 193 g/mol. The van der Waals surface area contributed by atoms with Crippen LogP contribution in [0.15, 0.2) is 0 Å². The number of nitrogens with two attached hydrogens (primary N) is 2. The molecule has 5 heteroatoms. The molecule has 1 aromatic heterocycles. The van der Waals surface area contributed by atoms with Gasteiger partial charge in [-0.1, -0.05) is 0 Å². The van der Waals surface area contributed by atoms with Crippen molar-refractivity contribution in [3.05, 3.63) is 11.4 Å². The molecule has 5 nitrogen and oxygen atoms in total. The Kier molecular flexibility index (Phi) is 1.45. The molecule has 2 atom stereocenters. The van der Waals surface area contributed by atoms with E-state index in [9.17, 15) is 0 Å². The van der Waals surface area contributed by atoms with Gasteiger partial charge in [0.1, 0.15) is 0 Å². The zero-order valence-corrected chi connectivity index (χ0v) is 8.11. The summed E-state index contributed by atoms with van der Waals surface area (Å²) in [5.74, 6) is 6.39. The third kappa shape index (κ3) is 1.05. The molecule has 0 spiro atoms. The van der Waals surface area contributed by atoms with Crippen LogP contribution < -0.4 is 11.6 Å². The van der Waals surface area contributed by atoms with Crippen LogP contribution in [0, 0.1) is 5.92 Å². The van der Waals surface area contributed by atoms with Crippen LogP contribution in [0.3, 0.4) is 0 Å². The normalized spacial score (nSPS) is 35.4. The molecule has 1 heterocycles. The standard InChI is InChI=1S/C9H15N5/c10-9-4-3-8-7(12-13-14(8)11)2-1-6(9)5-9/h6H,1-5,10-11H2. The molecule has 2 aliphatic rings. The summed E-state index contributed by atoms with van der Waals surface area (Å²) in [5.41, 5.74) is 8.45. The van der Waals surface area contributed by atoms with E-state index in [4.69, 9.17) is 11.6 Å². The van der Waals surface area contributed by atoms with E-state index in [1.165, 1.54) is 11.2 Å². The third-order valence-electron chi connectivity index (χ3n) is 3.71. The van der Waals surface area contributed by atoms with Gasteiger partial charge in [-0.15, -0.1) is 5.10 Å². The molecule has 0 saturated heterocycles. The van der Waals surface area contributed by atoms with Crippen molar-refractivity contribution in [2.24, 2.45) is 11.7 Å². The predicted molar refractivity (Wildman–Crippen MR) is 51.8 cm³/mol. The number of aryl methyl sites for hydroxylation is 1. The minimum atomic E-state index is 0.0992. The van der Waals surface area contributed by atoms with Gasteiger partial charge in [0, 0.05) is 5.54 Å². The quantitative estimate of drug-likeness (QED) is 0.549. The second kappa shape index (κ2) is 2.48. The molecule has 1 aromatic rings. The number of nitrogens with zero attached hydrogens (tertiary/aromatic N) is 3. The van der Waals surface area contributed by atoms with Gasteiger partial charge in [0.05, 0.1) is 11.4 Å². The maximum absolute atomic E-state index is 6.21. The number of nitrogen functional groups attached to an aromatic ring is 1. The van der Waals surface area contributed by atoms with Crippen molar-refractivity contribution < 1.29 is 0 Å². The lowest BCUT2D eigenvalue weighted by Crippen LogP contribution is -2.28. The Labute approximate surface area is 82.4 Å². The lowest BCUT2D eigenvalue weighted by molar-refractivity contribution is 0.503. The summed E-state index contributed by atoms with van der Waals surface area (Å²) in [7, 11) is 0. The van der Waals surface area contributed by atoms with Crippen LogP contribution >= 0.6 is 0 Å². The molecule has 14 heavy (non-hydrogen) atoms. The highest BCUT2D eigenvalue weighted by Gasteiger charge is 2.50. The highest BCUT2D eigenvalue weighted by molar-refractivity contribution is 5.18. The van der Waals surface area contributed by atoms with Gasteiger partial charge in [-0.25, -0.2) is 0 Å².